The van der Waals surface area contributed by atoms with E-state index in [-0.39, 0.29) is 10.6 Å². The predicted octanol–water partition coefficient (Wildman–Crippen LogP) is 5.52. The summed E-state index contributed by atoms with van der Waals surface area (Å²) in [5.74, 6) is 0. The number of H-pyrrole nitrogens is 1. The van der Waals surface area contributed by atoms with E-state index in [1.165, 1.54) is 12.1 Å². The molecule has 1 heterocycles. The zero-order valence-electron chi connectivity index (χ0n) is 14.5. The second kappa shape index (κ2) is 6.70. The molecule has 0 atom stereocenters. The van der Waals surface area contributed by atoms with Crippen LogP contribution in [0.15, 0.2) is 41.3 Å². The third kappa shape index (κ3) is 3.46. The Bertz CT molecular complexity index is 1170. The first kappa shape index (κ1) is 19.1. The molecule has 148 valence electrons. The predicted molar refractivity (Wildman–Crippen MR) is 102 cm³/mol. The van der Waals surface area contributed by atoms with Crippen LogP contribution in [-0.2, 0) is 29.0 Å². The zero-order valence-corrected chi connectivity index (χ0v) is 16.1. The van der Waals surface area contributed by atoms with Crippen molar-refractivity contribution in [2.24, 2.45) is 0 Å². The lowest BCUT2D eigenvalue weighted by Crippen LogP contribution is -2.14. The Morgan fingerprint density at radius 2 is 1.79 bits per heavy atom. The maximum absolute atomic E-state index is 13.0. The van der Waals surface area contributed by atoms with Crippen LogP contribution in [0.2, 0.25) is 5.02 Å². The Hall–Kier alpha value is -2.19. The van der Waals surface area contributed by atoms with Gasteiger partial charge in [-0.05, 0) is 67.6 Å². The standard InChI is InChI=1S/C19H16ClF3N2O2S/c20-16-7-5-11(9-15(16)19(21,22)23)25-28(26,27)12-6-8-18-14(10-12)13-3-1-2-4-17(13)24-18/h5-10,24-25H,1-4H2. The first-order valence-corrected chi connectivity index (χ1v) is 10.5. The smallest absolute Gasteiger partial charge is 0.358 e. The molecule has 28 heavy (non-hydrogen) atoms. The fraction of sp³-hybridized carbons (Fsp3) is 0.263. The van der Waals surface area contributed by atoms with Crippen molar-refractivity contribution >= 4 is 38.2 Å². The molecule has 0 aliphatic heterocycles. The number of nitrogens with one attached hydrogen (secondary N) is 2. The normalized spacial score (nSPS) is 14.9. The van der Waals surface area contributed by atoms with Gasteiger partial charge in [0.15, 0.2) is 0 Å². The molecule has 0 saturated heterocycles. The zero-order chi connectivity index (χ0) is 20.1. The number of sulfonamides is 1. The molecule has 0 radical (unpaired) electrons. The average Bonchev–Trinajstić information content (AvgIpc) is 3.00. The van der Waals surface area contributed by atoms with Gasteiger partial charge in [0.1, 0.15) is 0 Å². The van der Waals surface area contributed by atoms with Gasteiger partial charge in [-0.25, -0.2) is 8.42 Å². The highest BCUT2D eigenvalue weighted by atomic mass is 35.5. The lowest BCUT2D eigenvalue weighted by Gasteiger charge is -2.13. The van der Waals surface area contributed by atoms with Crippen LogP contribution in [0.1, 0.15) is 29.7 Å². The molecule has 2 aromatic carbocycles. The Labute approximate surface area is 164 Å². The lowest BCUT2D eigenvalue weighted by atomic mass is 9.96. The number of aryl methyl sites for hydroxylation is 2. The highest BCUT2D eigenvalue weighted by Crippen LogP contribution is 2.37. The summed E-state index contributed by atoms with van der Waals surface area (Å²) >= 11 is 5.59. The Morgan fingerprint density at radius 1 is 1.04 bits per heavy atom. The van der Waals surface area contributed by atoms with Crippen molar-refractivity contribution in [1.82, 2.24) is 4.98 Å². The van der Waals surface area contributed by atoms with E-state index >= 15 is 0 Å². The number of anilines is 1. The van der Waals surface area contributed by atoms with Gasteiger partial charge in [0, 0.05) is 22.3 Å². The number of rotatable bonds is 3. The van der Waals surface area contributed by atoms with Gasteiger partial charge in [-0.3, -0.25) is 4.72 Å². The van der Waals surface area contributed by atoms with Gasteiger partial charge in [0.25, 0.3) is 10.0 Å². The Balaban J connectivity index is 1.71. The molecular weight excluding hydrogens is 413 g/mol. The second-order valence-corrected chi connectivity index (χ2v) is 8.88. The summed E-state index contributed by atoms with van der Waals surface area (Å²) in [6.45, 7) is 0. The molecule has 0 bridgehead atoms. The summed E-state index contributed by atoms with van der Waals surface area (Å²) in [5, 5.41) is 0.348. The van der Waals surface area contributed by atoms with Gasteiger partial charge in [-0.15, -0.1) is 0 Å². The third-order valence-corrected chi connectivity index (χ3v) is 6.61. The summed E-state index contributed by atoms with van der Waals surface area (Å²) in [7, 11) is -4.06. The summed E-state index contributed by atoms with van der Waals surface area (Å²) in [5.41, 5.74) is 1.80. The van der Waals surface area contributed by atoms with Crippen molar-refractivity contribution in [3.63, 3.8) is 0 Å². The van der Waals surface area contributed by atoms with Crippen LogP contribution in [0.25, 0.3) is 10.9 Å². The van der Waals surface area contributed by atoms with E-state index in [9.17, 15) is 21.6 Å². The number of aromatic amines is 1. The average molecular weight is 429 g/mol. The Morgan fingerprint density at radius 3 is 2.54 bits per heavy atom. The van der Waals surface area contributed by atoms with Crippen LogP contribution >= 0.6 is 11.6 Å². The molecule has 0 amide bonds. The summed E-state index contributed by atoms with van der Waals surface area (Å²) in [6, 6.07) is 7.60. The number of aromatic nitrogens is 1. The largest absolute Gasteiger partial charge is 0.417 e. The van der Waals surface area contributed by atoms with Gasteiger partial charge in [-0.1, -0.05) is 11.6 Å². The van der Waals surface area contributed by atoms with Crippen LogP contribution in [0.5, 0.6) is 0 Å². The van der Waals surface area contributed by atoms with Crippen LogP contribution in [0.4, 0.5) is 18.9 Å². The molecule has 0 unspecified atom stereocenters. The highest BCUT2D eigenvalue weighted by Gasteiger charge is 2.33. The van der Waals surface area contributed by atoms with Crippen molar-refractivity contribution in [3.8, 4) is 0 Å². The molecule has 4 rings (SSSR count). The van der Waals surface area contributed by atoms with Gasteiger partial charge < -0.3 is 4.98 Å². The quantitative estimate of drug-likeness (QED) is 0.577. The van der Waals surface area contributed by atoms with Crippen molar-refractivity contribution < 1.29 is 21.6 Å². The van der Waals surface area contributed by atoms with E-state index in [1.807, 2.05) is 0 Å². The number of halogens is 4. The molecule has 1 aliphatic carbocycles. The maximum atomic E-state index is 13.0. The van der Waals surface area contributed by atoms with Crippen molar-refractivity contribution in [3.05, 3.63) is 58.2 Å². The number of alkyl halides is 3. The molecule has 3 aromatic rings. The monoisotopic (exact) mass is 428 g/mol. The fourth-order valence-electron chi connectivity index (χ4n) is 3.57. The Kier molecular flexibility index (Phi) is 4.58. The molecule has 1 aromatic heterocycles. The molecular formula is C19H16ClF3N2O2S. The van der Waals surface area contributed by atoms with E-state index < -0.39 is 26.8 Å². The molecule has 0 spiro atoms. The van der Waals surface area contributed by atoms with E-state index in [4.69, 9.17) is 11.6 Å². The summed E-state index contributed by atoms with van der Waals surface area (Å²) in [6.07, 6.45) is -0.750. The SMILES string of the molecule is O=S(=O)(Nc1ccc(Cl)c(C(F)(F)F)c1)c1ccc2[nH]c3c(c2c1)CCCC3. The third-order valence-electron chi connectivity index (χ3n) is 4.90. The fourth-order valence-corrected chi connectivity index (χ4v) is 4.87. The molecule has 9 heteroatoms. The van der Waals surface area contributed by atoms with Gasteiger partial charge in [-0.2, -0.15) is 13.2 Å². The minimum atomic E-state index is -4.68. The van der Waals surface area contributed by atoms with E-state index in [2.05, 4.69) is 9.71 Å². The van der Waals surface area contributed by atoms with Crippen LogP contribution < -0.4 is 4.72 Å². The number of benzene rings is 2. The van der Waals surface area contributed by atoms with Gasteiger partial charge in [0.05, 0.1) is 15.5 Å². The topological polar surface area (TPSA) is 62.0 Å². The molecule has 2 N–H and O–H groups in total. The molecule has 1 aliphatic rings. The van der Waals surface area contributed by atoms with Crippen molar-refractivity contribution in [1.29, 1.82) is 0 Å². The second-order valence-electron chi connectivity index (χ2n) is 6.79. The summed E-state index contributed by atoms with van der Waals surface area (Å²) in [4.78, 5) is 3.32. The van der Waals surface area contributed by atoms with Crippen LogP contribution in [-0.4, -0.2) is 13.4 Å². The highest BCUT2D eigenvalue weighted by molar-refractivity contribution is 7.92. The van der Waals surface area contributed by atoms with E-state index in [0.29, 0.717) is 6.07 Å². The number of hydrogen-bond acceptors (Lipinski definition) is 2. The van der Waals surface area contributed by atoms with Gasteiger partial charge in [0.2, 0.25) is 0 Å². The van der Waals surface area contributed by atoms with Gasteiger partial charge >= 0.3 is 6.18 Å². The first-order chi connectivity index (χ1) is 13.1. The lowest BCUT2D eigenvalue weighted by molar-refractivity contribution is -0.137. The maximum Gasteiger partial charge on any atom is 0.417 e. The summed E-state index contributed by atoms with van der Waals surface area (Å²) < 4.78 is 66.8. The molecule has 0 fully saturated rings. The number of hydrogen-bond donors (Lipinski definition) is 2. The van der Waals surface area contributed by atoms with Crippen molar-refractivity contribution in [2.75, 3.05) is 4.72 Å². The van der Waals surface area contributed by atoms with Crippen LogP contribution in [0, 0.1) is 0 Å². The molecule has 0 saturated carbocycles. The minimum absolute atomic E-state index is 0.00381. The number of fused-ring (bicyclic) bond motifs is 3. The first-order valence-electron chi connectivity index (χ1n) is 8.68. The minimum Gasteiger partial charge on any atom is -0.358 e. The van der Waals surface area contributed by atoms with E-state index in [0.717, 1.165) is 53.9 Å². The van der Waals surface area contributed by atoms with E-state index in [1.54, 1.807) is 12.1 Å². The van der Waals surface area contributed by atoms with Crippen LogP contribution in [0.3, 0.4) is 0 Å². The van der Waals surface area contributed by atoms with Crippen molar-refractivity contribution in [2.45, 2.75) is 36.8 Å². The molecule has 4 nitrogen and oxygen atoms in total.